The number of halogens is 1. The third-order valence-electron chi connectivity index (χ3n) is 3.95. The van der Waals surface area contributed by atoms with Crippen molar-refractivity contribution < 1.29 is 9.53 Å². The fraction of sp³-hybridized carbons (Fsp3) is 0.588. The van der Waals surface area contributed by atoms with E-state index < -0.39 is 0 Å². The van der Waals surface area contributed by atoms with Gasteiger partial charge in [0.05, 0.1) is 13.5 Å². The highest BCUT2D eigenvalue weighted by Gasteiger charge is 2.10. The topological polar surface area (TPSA) is 41.6 Å². The first-order chi connectivity index (χ1) is 10.3. The molecule has 0 unspecified atom stereocenters. The Morgan fingerprint density at radius 2 is 1.86 bits per heavy atom. The molecule has 1 aromatic rings. The summed E-state index contributed by atoms with van der Waals surface area (Å²) in [6.45, 7) is 4.46. The van der Waals surface area contributed by atoms with Crippen molar-refractivity contribution in [2.24, 2.45) is 0 Å². The van der Waals surface area contributed by atoms with Crippen LogP contribution in [0.2, 0.25) is 0 Å². The quantitative estimate of drug-likeness (QED) is 0.747. The number of benzene rings is 1. The number of carbonyl (C=O) groups is 1. The molecule has 0 aliphatic carbocycles. The molecule has 1 aliphatic rings. The average molecular weight is 327 g/mol. The van der Waals surface area contributed by atoms with E-state index in [0.29, 0.717) is 6.42 Å². The van der Waals surface area contributed by atoms with Gasteiger partial charge in [-0.15, -0.1) is 12.4 Å². The molecule has 5 heteroatoms. The van der Waals surface area contributed by atoms with Gasteiger partial charge in [-0.25, -0.2) is 0 Å². The van der Waals surface area contributed by atoms with Crippen molar-refractivity contribution in [2.75, 3.05) is 33.3 Å². The molecule has 0 atom stereocenters. The zero-order chi connectivity index (χ0) is 14.9. The van der Waals surface area contributed by atoms with E-state index in [9.17, 15) is 4.79 Å². The van der Waals surface area contributed by atoms with Crippen LogP contribution in [0.25, 0.3) is 0 Å². The Bertz CT molecular complexity index is 431. The van der Waals surface area contributed by atoms with Crippen LogP contribution >= 0.6 is 12.4 Å². The van der Waals surface area contributed by atoms with Crippen molar-refractivity contribution in [2.45, 2.75) is 32.1 Å². The lowest BCUT2D eigenvalue weighted by molar-refractivity contribution is -0.120. The smallest absolute Gasteiger partial charge is 0.224 e. The Hall–Kier alpha value is -1.26. The summed E-state index contributed by atoms with van der Waals surface area (Å²) in [6.07, 6.45) is 5.36. The van der Waals surface area contributed by atoms with Crippen molar-refractivity contribution in [1.82, 2.24) is 10.2 Å². The van der Waals surface area contributed by atoms with Gasteiger partial charge in [0, 0.05) is 6.54 Å². The van der Waals surface area contributed by atoms with Crippen molar-refractivity contribution in [3.05, 3.63) is 29.8 Å². The number of amides is 1. The molecule has 1 saturated heterocycles. The molecule has 22 heavy (non-hydrogen) atoms. The zero-order valence-electron chi connectivity index (χ0n) is 13.3. The molecule has 1 N–H and O–H groups in total. The van der Waals surface area contributed by atoms with Gasteiger partial charge in [-0.2, -0.15) is 0 Å². The van der Waals surface area contributed by atoms with Gasteiger partial charge in [0.2, 0.25) is 5.91 Å². The van der Waals surface area contributed by atoms with Gasteiger partial charge in [0.1, 0.15) is 5.75 Å². The van der Waals surface area contributed by atoms with Gasteiger partial charge in [-0.3, -0.25) is 4.79 Å². The maximum absolute atomic E-state index is 11.8. The second-order valence-corrected chi connectivity index (χ2v) is 5.63. The summed E-state index contributed by atoms with van der Waals surface area (Å²) in [5.41, 5.74) is 1.02. The number of ether oxygens (including phenoxy) is 1. The van der Waals surface area contributed by atoms with E-state index in [1.807, 2.05) is 24.3 Å². The van der Waals surface area contributed by atoms with Crippen LogP contribution in [0.5, 0.6) is 5.75 Å². The van der Waals surface area contributed by atoms with Crippen LogP contribution in [0.3, 0.4) is 0 Å². The van der Waals surface area contributed by atoms with Gasteiger partial charge >= 0.3 is 0 Å². The van der Waals surface area contributed by atoms with Gasteiger partial charge in [0.25, 0.3) is 0 Å². The zero-order valence-corrected chi connectivity index (χ0v) is 14.2. The molecule has 0 saturated carbocycles. The van der Waals surface area contributed by atoms with E-state index in [4.69, 9.17) is 4.74 Å². The lowest BCUT2D eigenvalue weighted by Crippen LogP contribution is -2.27. The molecule has 1 fully saturated rings. The van der Waals surface area contributed by atoms with E-state index in [1.54, 1.807) is 7.11 Å². The minimum absolute atomic E-state index is 0. The maximum Gasteiger partial charge on any atom is 0.224 e. The first kappa shape index (κ1) is 18.8. The van der Waals surface area contributed by atoms with E-state index >= 15 is 0 Å². The van der Waals surface area contributed by atoms with Crippen LogP contribution in [-0.4, -0.2) is 44.1 Å². The Morgan fingerprint density at radius 1 is 1.18 bits per heavy atom. The number of rotatable bonds is 8. The highest BCUT2D eigenvalue weighted by atomic mass is 35.5. The standard InChI is InChI=1S/C17H26N2O2.ClH/c1-21-16-8-6-15(7-9-16)14-17(20)18-10-2-3-11-19-12-4-5-13-19;/h6-9H,2-5,10-14H2,1H3,(H,18,20);1H. The third-order valence-corrected chi connectivity index (χ3v) is 3.95. The number of nitrogens with one attached hydrogen (secondary N) is 1. The Labute approximate surface area is 139 Å². The molecule has 124 valence electrons. The predicted octanol–water partition coefficient (Wildman–Crippen LogP) is 2.65. The normalized spacial score (nSPS) is 14.4. The number of hydrogen-bond acceptors (Lipinski definition) is 3. The maximum atomic E-state index is 11.8. The molecule has 0 aromatic heterocycles. The molecule has 1 aliphatic heterocycles. The van der Waals surface area contributed by atoms with Crippen molar-refractivity contribution in [3.8, 4) is 5.75 Å². The van der Waals surface area contributed by atoms with Crippen LogP contribution in [0.1, 0.15) is 31.2 Å². The van der Waals surface area contributed by atoms with E-state index in [0.717, 1.165) is 24.3 Å². The van der Waals surface area contributed by atoms with Gasteiger partial charge in [-0.05, 0) is 63.0 Å². The van der Waals surface area contributed by atoms with Gasteiger partial charge in [-0.1, -0.05) is 12.1 Å². The number of nitrogens with zero attached hydrogens (tertiary/aromatic N) is 1. The minimum atomic E-state index is 0. The fourth-order valence-electron chi connectivity index (χ4n) is 2.69. The Kier molecular flexibility index (Phi) is 8.94. The number of carbonyl (C=O) groups excluding carboxylic acids is 1. The molecule has 2 rings (SSSR count). The average Bonchev–Trinajstić information content (AvgIpc) is 3.01. The second kappa shape index (κ2) is 10.5. The molecular formula is C17H27ClN2O2. The lowest BCUT2D eigenvalue weighted by atomic mass is 10.1. The Morgan fingerprint density at radius 3 is 2.50 bits per heavy atom. The number of hydrogen-bond donors (Lipinski definition) is 1. The van der Waals surface area contributed by atoms with Crippen molar-refractivity contribution in [1.29, 1.82) is 0 Å². The number of unbranched alkanes of at least 4 members (excludes halogenated alkanes) is 1. The lowest BCUT2D eigenvalue weighted by Gasteiger charge is -2.14. The van der Waals surface area contributed by atoms with Gasteiger partial charge in [0.15, 0.2) is 0 Å². The monoisotopic (exact) mass is 326 g/mol. The van der Waals surface area contributed by atoms with Crippen molar-refractivity contribution >= 4 is 18.3 Å². The second-order valence-electron chi connectivity index (χ2n) is 5.63. The predicted molar refractivity (Wildman–Crippen MR) is 91.9 cm³/mol. The number of likely N-dealkylation sites (tertiary alicyclic amines) is 1. The summed E-state index contributed by atoms with van der Waals surface area (Å²) < 4.78 is 5.10. The summed E-state index contributed by atoms with van der Waals surface area (Å²) >= 11 is 0. The molecule has 1 amide bonds. The summed E-state index contributed by atoms with van der Waals surface area (Å²) in [6, 6.07) is 7.65. The van der Waals surface area contributed by atoms with Crippen LogP contribution in [0.15, 0.2) is 24.3 Å². The van der Waals surface area contributed by atoms with Crippen LogP contribution in [0.4, 0.5) is 0 Å². The number of methoxy groups -OCH3 is 1. The molecule has 1 aromatic carbocycles. The summed E-state index contributed by atoms with van der Waals surface area (Å²) in [5, 5.41) is 3.00. The molecular weight excluding hydrogens is 300 g/mol. The highest BCUT2D eigenvalue weighted by molar-refractivity contribution is 5.85. The van der Waals surface area contributed by atoms with Crippen LogP contribution < -0.4 is 10.1 Å². The van der Waals surface area contributed by atoms with E-state index in [1.165, 1.54) is 38.9 Å². The van der Waals surface area contributed by atoms with Crippen LogP contribution in [0, 0.1) is 0 Å². The minimum Gasteiger partial charge on any atom is -0.497 e. The summed E-state index contributed by atoms with van der Waals surface area (Å²) in [4.78, 5) is 14.3. The molecule has 0 spiro atoms. The molecule has 0 radical (unpaired) electrons. The Balaban J connectivity index is 0.00000242. The molecule has 0 bridgehead atoms. The van der Waals surface area contributed by atoms with Crippen LogP contribution in [-0.2, 0) is 11.2 Å². The summed E-state index contributed by atoms with van der Waals surface area (Å²) in [5.74, 6) is 0.919. The van der Waals surface area contributed by atoms with Crippen molar-refractivity contribution in [3.63, 3.8) is 0 Å². The molecule has 1 heterocycles. The van der Waals surface area contributed by atoms with E-state index in [2.05, 4.69) is 10.2 Å². The summed E-state index contributed by atoms with van der Waals surface area (Å²) in [7, 11) is 1.64. The highest BCUT2D eigenvalue weighted by Crippen LogP contribution is 2.11. The van der Waals surface area contributed by atoms with Gasteiger partial charge < -0.3 is 15.0 Å². The first-order valence-corrected chi connectivity index (χ1v) is 7.90. The first-order valence-electron chi connectivity index (χ1n) is 7.90. The molecule has 4 nitrogen and oxygen atoms in total. The third kappa shape index (κ3) is 6.67. The largest absolute Gasteiger partial charge is 0.497 e. The van der Waals surface area contributed by atoms with E-state index in [-0.39, 0.29) is 18.3 Å². The SMILES string of the molecule is COc1ccc(CC(=O)NCCCCN2CCCC2)cc1.Cl. The fourth-order valence-corrected chi connectivity index (χ4v) is 2.69.